The van der Waals surface area contributed by atoms with Gasteiger partial charge in [-0.25, -0.2) is 4.79 Å². The fraction of sp³-hybridized carbons (Fsp3) is 0.600. The first-order chi connectivity index (χ1) is 8.45. The Balaban J connectivity index is 2.42. The van der Waals surface area contributed by atoms with Gasteiger partial charge in [0.2, 0.25) is 0 Å². The van der Waals surface area contributed by atoms with Crippen molar-refractivity contribution in [3.8, 4) is 0 Å². The summed E-state index contributed by atoms with van der Waals surface area (Å²) < 4.78 is 7.02. The third kappa shape index (κ3) is 2.25. The zero-order valence-electron chi connectivity index (χ0n) is 9.54. The second kappa shape index (κ2) is 5.11. The number of ether oxygens (including phenoxy) is 1. The number of aliphatic hydroxyl groups excluding tert-OH is 2. The quantitative estimate of drug-likeness (QED) is 0.583. The van der Waals surface area contributed by atoms with Crippen LogP contribution in [0.3, 0.4) is 0 Å². The summed E-state index contributed by atoms with van der Waals surface area (Å²) in [6.45, 7) is 1.40. The summed E-state index contributed by atoms with van der Waals surface area (Å²) in [6, 6.07) is 0. The molecule has 0 spiro atoms. The summed E-state index contributed by atoms with van der Waals surface area (Å²) in [5, 5.41) is 18.9. The minimum Gasteiger partial charge on any atom is -0.394 e. The first-order valence-corrected chi connectivity index (χ1v) is 6.49. The highest BCUT2D eigenvalue weighted by atomic mass is 127. The first kappa shape index (κ1) is 13.7. The van der Waals surface area contributed by atoms with Crippen molar-refractivity contribution in [3.05, 3.63) is 30.6 Å². The van der Waals surface area contributed by atoms with Crippen LogP contribution < -0.4 is 11.2 Å². The van der Waals surface area contributed by atoms with E-state index in [1.165, 1.54) is 10.8 Å². The Kier molecular flexibility index (Phi) is 3.90. The summed E-state index contributed by atoms with van der Waals surface area (Å²) >= 11 is 1.81. The van der Waals surface area contributed by atoms with Crippen molar-refractivity contribution in [2.45, 2.75) is 25.4 Å². The Labute approximate surface area is 116 Å². The summed E-state index contributed by atoms with van der Waals surface area (Å²) in [6.07, 6.45) is -0.886. The minimum atomic E-state index is -0.850. The molecular weight excluding hydrogens is 355 g/mol. The number of aromatic nitrogens is 2. The van der Waals surface area contributed by atoms with Crippen LogP contribution in [0.15, 0.2) is 15.8 Å². The van der Waals surface area contributed by atoms with E-state index in [1.54, 1.807) is 6.92 Å². The van der Waals surface area contributed by atoms with Gasteiger partial charge in [-0.2, -0.15) is 0 Å². The van der Waals surface area contributed by atoms with Crippen LogP contribution in [-0.2, 0) is 4.74 Å². The highest BCUT2D eigenvalue weighted by Crippen LogP contribution is 2.33. The molecule has 0 aromatic carbocycles. The first-order valence-electron chi connectivity index (χ1n) is 5.41. The predicted octanol–water partition coefficient (Wildman–Crippen LogP) is -0.972. The molecule has 0 unspecified atom stereocenters. The zero-order chi connectivity index (χ0) is 13.4. The predicted molar refractivity (Wildman–Crippen MR) is 70.2 cm³/mol. The van der Waals surface area contributed by atoms with Crippen molar-refractivity contribution in [2.24, 2.45) is 5.92 Å². The van der Waals surface area contributed by atoms with E-state index in [-0.39, 0.29) is 12.5 Å². The number of H-pyrrole nitrogens is 1. The number of hydrogen-bond donors (Lipinski definition) is 3. The number of rotatable bonds is 2. The van der Waals surface area contributed by atoms with Crippen LogP contribution in [0, 0.1) is 9.49 Å². The van der Waals surface area contributed by atoms with Gasteiger partial charge in [0.1, 0.15) is 12.3 Å². The van der Waals surface area contributed by atoms with Crippen molar-refractivity contribution in [1.29, 1.82) is 0 Å². The van der Waals surface area contributed by atoms with Gasteiger partial charge in [0, 0.05) is 12.1 Å². The van der Waals surface area contributed by atoms with Gasteiger partial charge in [0.15, 0.2) is 0 Å². The minimum absolute atomic E-state index is 0.322. The Morgan fingerprint density at radius 1 is 1.56 bits per heavy atom. The van der Waals surface area contributed by atoms with Gasteiger partial charge in [-0.15, -0.1) is 0 Å². The lowest BCUT2D eigenvalue weighted by molar-refractivity contribution is -0.0477. The number of aromatic amines is 1. The molecule has 2 rings (SSSR count). The maximum absolute atomic E-state index is 11.7. The van der Waals surface area contributed by atoms with Crippen LogP contribution in [0.25, 0.3) is 0 Å². The molecule has 0 amide bonds. The zero-order valence-corrected chi connectivity index (χ0v) is 11.7. The molecule has 8 heteroatoms. The standard InChI is InChI=1S/C10H13IN2O5/c1-4-7(15)6(3-14)18-9(4)13-2-5(11)8(16)12-10(13)17/h2,4,6-7,9,14-15H,3H2,1H3,(H,12,16,17)/t4-,6+,7-,9+/m0/s1. The van der Waals surface area contributed by atoms with Crippen molar-refractivity contribution in [2.75, 3.05) is 6.61 Å². The monoisotopic (exact) mass is 368 g/mol. The van der Waals surface area contributed by atoms with E-state index in [1.807, 2.05) is 22.6 Å². The molecule has 1 aliphatic heterocycles. The number of nitrogens with one attached hydrogen (secondary N) is 1. The number of hydrogen-bond acceptors (Lipinski definition) is 5. The molecule has 1 fully saturated rings. The smallest absolute Gasteiger partial charge is 0.330 e. The molecule has 1 aliphatic rings. The molecule has 0 saturated carbocycles. The van der Waals surface area contributed by atoms with E-state index in [2.05, 4.69) is 4.98 Å². The van der Waals surface area contributed by atoms with Crippen LogP contribution in [0.4, 0.5) is 0 Å². The summed E-state index contributed by atoms with van der Waals surface area (Å²) in [5.74, 6) is -0.360. The van der Waals surface area contributed by atoms with E-state index >= 15 is 0 Å². The lowest BCUT2D eigenvalue weighted by Crippen LogP contribution is -2.35. The molecule has 100 valence electrons. The third-order valence-electron chi connectivity index (χ3n) is 3.06. The third-order valence-corrected chi connectivity index (χ3v) is 3.83. The Bertz CT molecular complexity index is 554. The molecule has 1 saturated heterocycles. The lowest BCUT2D eigenvalue weighted by atomic mass is 10.0. The molecule has 0 bridgehead atoms. The summed E-state index contributed by atoms with van der Waals surface area (Å²) in [5.41, 5.74) is -1.05. The average Bonchev–Trinajstić information content (AvgIpc) is 2.61. The van der Waals surface area contributed by atoms with E-state index in [9.17, 15) is 14.7 Å². The topological polar surface area (TPSA) is 105 Å². The molecule has 0 radical (unpaired) electrons. The van der Waals surface area contributed by atoms with Crippen LogP contribution in [0.5, 0.6) is 0 Å². The number of halogens is 1. The molecule has 18 heavy (non-hydrogen) atoms. The lowest BCUT2D eigenvalue weighted by Gasteiger charge is -2.18. The van der Waals surface area contributed by atoms with Gasteiger partial charge in [-0.05, 0) is 22.6 Å². The normalized spacial score (nSPS) is 31.8. The SMILES string of the molecule is C[C@H]1[C@H](O)[C@@H](CO)O[C@H]1n1cc(I)c(=O)[nH]c1=O. The van der Waals surface area contributed by atoms with Crippen LogP contribution in [0.2, 0.25) is 0 Å². The average molecular weight is 368 g/mol. The van der Waals surface area contributed by atoms with Crippen molar-refractivity contribution in [3.63, 3.8) is 0 Å². The summed E-state index contributed by atoms with van der Waals surface area (Å²) in [4.78, 5) is 25.1. The van der Waals surface area contributed by atoms with E-state index in [0.717, 1.165) is 0 Å². The molecule has 3 N–H and O–H groups in total. The number of nitrogens with zero attached hydrogens (tertiary/aromatic N) is 1. The van der Waals surface area contributed by atoms with Crippen LogP contribution in [0.1, 0.15) is 13.2 Å². The van der Waals surface area contributed by atoms with Crippen molar-refractivity contribution >= 4 is 22.6 Å². The van der Waals surface area contributed by atoms with E-state index < -0.39 is 29.7 Å². The van der Waals surface area contributed by atoms with Gasteiger partial charge in [0.25, 0.3) is 5.56 Å². The Morgan fingerprint density at radius 3 is 2.78 bits per heavy atom. The second-order valence-electron chi connectivity index (χ2n) is 4.24. The van der Waals surface area contributed by atoms with Crippen LogP contribution in [-0.4, -0.2) is 38.6 Å². The maximum Gasteiger partial charge on any atom is 0.330 e. The van der Waals surface area contributed by atoms with E-state index in [0.29, 0.717) is 3.57 Å². The van der Waals surface area contributed by atoms with Crippen molar-refractivity contribution < 1.29 is 14.9 Å². The molecule has 0 aliphatic carbocycles. The van der Waals surface area contributed by atoms with E-state index in [4.69, 9.17) is 9.84 Å². The Morgan fingerprint density at radius 2 is 2.22 bits per heavy atom. The molecular formula is C10H13IN2O5. The molecule has 1 aromatic heterocycles. The molecule has 7 nitrogen and oxygen atoms in total. The van der Waals surface area contributed by atoms with Crippen molar-refractivity contribution in [1.82, 2.24) is 9.55 Å². The van der Waals surface area contributed by atoms with Crippen LogP contribution >= 0.6 is 22.6 Å². The van der Waals surface area contributed by atoms with Gasteiger partial charge in [-0.1, -0.05) is 6.92 Å². The molecule has 1 aromatic rings. The van der Waals surface area contributed by atoms with Gasteiger partial charge >= 0.3 is 5.69 Å². The Hall–Kier alpha value is -0.710. The highest BCUT2D eigenvalue weighted by Gasteiger charge is 2.41. The maximum atomic E-state index is 11.7. The fourth-order valence-electron chi connectivity index (χ4n) is 2.01. The summed E-state index contributed by atoms with van der Waals surface area (Å²) in [7, 11) is 0. The fourth-order valence-corrected chi connectivity index (χ4v) is 2.45. The second-order valence-corrected chi connectivity index (χ2v) is 5.40. The van der Waals surface area contributed by atoms with Gasteiger partial charge in [0.05, 0.1) is 16.3 Å². The number of aliphatic hydroxyl groups is 2. The van der Waals surface area contributed by atoms with Gasteiger partial charge < -0.3 is 14.9 Å². The van der Waals surface area contributed by atoms with Gasteiger partial charge in [-0.3, -0.25) is 14.3 Å². The molecule has 2 heterocycles. The largest absolute Gasteiger partial charge is 0.394 e. The highest BCUT2D eigenvalue weighted by molar-refractivity contribution is 14.1. The molecule has 4 atom stereocenters.